The zero-order valence-corrected chi connectivity index (χ0v) is 9.54. The van der Waals surface area contributed by atoms with Gasteiger partial charge in [-0.1, -0.05) is 32.0 Å². The van der Waals surface area contributed by atoms with Gasteiger partial charge < -0.3 is 5.73 Å². The number of benzene rings is 1. The first kappa shape index (κ1) is 12.2. The Labute approximate surface area is 91.5 Å². The van der Waals surface area contributed by atoms with Crippen molar-refractivity contribution in [1.29, 1.82) is 0 Å². The van der Waals surface area contributed by atoms with Crippen LogP contribution in [0.3, 0.4) is 0 Å². The molecule has 0 saturated heterocycles. The molecule has 0 amide bonds. The van der Waals surface area contributed by atoms with E-state index in [1.165, 1.54) is 6.07 Å². The first-order valence-corrected chi connectivity index (χ1v) is 5.58. The summed E-state index contributed by atoms with van der Waals surface area (Å²) >= 11 is 0. The summed E-state index contributed by atoms with van der Waals surface area (Å²) in [6.07, 6.45) is 2.61. The second-order valence-corrected chi connectivity index (χ2v) is 4.52. The highest BCUT2D eigenvalue weighted by Gasteiger charge is 2.07. The van der Waals surface area contributed by atoms with E-state index in [0.29, 0.717) is 5.92 Å². The van der Waals surface area contributed by atoms with Crippen LogP contribution in [0.25, 0.3) is 0 Å². The molecule has 84 valence electrons. The third kappa shape index (κ3) is 4.43. The van der Waals surface area contributed by atoms with Gasteiger partial charge in [-0.15, -0.1) is 0 Å². The van der Waals surface area contributed by atoms with Crippen LogP contribution in [0.2, 0.25) is 0 Å². The molecule has 1 unspecified atom stereocenters. The maximum atomic E-state index is 13.3. The highest BCUT2D eigenvalue weighted by atomic mass is 19.1. The lowest BCUT2D eigenvalue weighted by atomic mass is 9.98. The summed E-state index contributed by atoms with van der Waals surface area (Å²) in [5, 5.41) is 0. The lowest BCUT2D eigenvalue weighted by Gasteiger charge is -2.13. The van der Waals surface area contributed by atoms with Crippen molar-refractivity contribution in [2.75, 3.05) is 0 Å². The summed E-state index contributed by atoms with van der Waals surface area (Å²) in [5.74, 6) is 0.495. The molecule has 0 saturated carbocycles. The van der Waals surface area contributed by atoms with Crippen LogP contribution in [0.4, 0.5) is 4.39 Å². The predicted octanol–water partition coefficient (Wildman–Crippen LogP) is 3.13. The summed E-state index contributed by atoms with van der Waals surface area (Å²) in [6.45, 7) is 4.31. The van der Waals surface area contributed by atoms with E-state index in [2.05, 4.69) is 13.8 Å². The Morgan fingerprint density at radius 1 is 1.27 bits per heavy atom. The minimum atomic E-state index is -0.116. The molecule has 1 atom stereocenters. The average molecular weight is 209 g/mol. The molecule has 2 N–H and O–H groups in total. The maximum Gasteiger partial charge on any atom is 0.126 e. The molecule has 0 spiro atoms. The number of hydrogen-bond donors (Lipinski definition) is 1. The number of hydrogen-bond acceptors (Lipinski definition) is 1. The van der Waals surface area contributed by atoms with Gasteiger partial charge in [-0.2, -0.15) is 0 Å². The molecular weight excluding hydrogens is 189 g/mol. The van der Waals surface area contributed by atoms with Crippen LogP contribution in [0.15, 0.2) is 24.3 Å². The number of halogens is 1. The molecule has 0 bridgehead atoms. The fourth-order valence-corrected chi connectivity index (χ4v) is 1.77. The van der Waals surface area contributed by atoms with E-state index in [0.717, 1.165) is 24.8 Å². The van der Waals surface area contributed by atoms with Crippen LogP contribution in [0, 0.1) is 11.7 Å². The van der Waals surface area contributed by atoms with Gasteiger partial charge in [0.15, 0.2) is 0 Å². The second kappa shape index (κ2) is 5.86. The molecule has 1 rings (SSSR count). The van der Waals surface area contributed by atoms with Gasteiger partial charge in [0.2, 0.25) is 0 Å². The Kier molecular flexibility index (Phi) is 4.76. The van der Waals surface area contributed by atoms with Crippen LogP contribution in [0.1, 0.15) is 32.3 Å². The van der Waals surface area contributed by atoms with Crippen molar-refractivity contribution < 1.29 is 4.39 Å². The van der Waals surface area contributed by atoms with Crippen molar-refractivity contribution in [3.8, 4) is 0 Å². The summed E-state index contributed by atoms with van der Waals surface area (Å²) in [5.41, 5.74) is 6.72. The fourth-order valence-electron chi connectivity index (χ4n) is 1.77. The summed E-state index contributed by atoms with van der Waals surface area (Å²) < 4.78 is 13.3. The first-order valence-electron chi connectivity index (χ1n) is 5.58. The number of aryl methyl sites for hydroxylation is 1. The topological polar surface area (TPSA) is 26.0 Å². The fraction of sp³-hybridized carbons (Fsp3) is 0.538. The van der Waals surface area contributed by atoms with E-state index in [1.807, 2.05) is 12.1 Å². The Hall–Kier alpha value is -0.890. The van der Waals surface area contributed by atoms with Gasteiger partial charge in [-0.25, -0.2) is 4.39 Å². The van der Waals surface area contributed by atoms with E-state index >= 15 is 0 Å². The Balaban J connectivity index is 2.40. The second-order valence-electron chi connectivity index (χ2n) is 4.52. The first-order chi connectivity index (χ1) is 7.09. The largest absolute Gasteiger partial charge is 0.328 e. The van der Waals surface area contributed by atoms with Gasteiger partial charge in [0.05, 0.1) is 0 Å². The molecule has 0 fully saturated rings. The Bertz CT molecular complexity index is 296. The van der Waals surface area contributed by atoms with Crippen LogP contribution < -0.4 is 5.73 Å². The highest BCUT2D eigenvalue weighted by Crippen LogP contribution is 2.12. The average Bonchev–Trinajstić information content (AvgIpc) is 2.15. The number of nitrogens with two attached hydrogens (primary N) is 1. The lowest BCUT2D eigenvalue weighted by molar-refractivity contribution is 0.469. The predicted molar refractivity (Wildman–Crippen MR) is 62.2 cm³/mol. The lowest BCUT2D eigenvalue weighted by Crippen LogP contribution is -2.22. The summed E-state index contributed by atoms with van der Waals surface area (Å²) in [7, 11) is 0. The number of rotatable bonds is 5. The zero-order valence-electron chi connectivity index (χ0n) is 9.54. The molecular formula is C13H20FN. The van der Waals surface area contributed by atoms with Crippen LogP contribution >= 0.6 is 0 Å². The molecule has 0 aliphatic heterocycles. The van der Waals surface area contributed by atoms with E-state index in [4.69, 9.17) is 5.73 Å². The third-order valence-electron chi connectivity index (χ3n) is 2.52. The van der Waals surface area contributed by atoms with Gasteiger partial charge in [0, 0.05) is 6.04 Å². The standard InChI is InChI=1S/C13H20FN/c1-10(2)9-12(15)8-7-11-5-3-4-6-13(11)14/h3-6,10,12H,7-9,15H2,1-2H3. The molecule has 0 radical (unpaired) electrons. The van der Waals surface area contributed by atoms with Gasteiger partial charge in [0.1, 0.15) is 5.82 Å². The third-order valence-corrected chi connectivity index (χ3v) is 2.52. The van der Waals surface area contributed by atoms with Crippen molar-refractivity contribution in [3.05, 3.63) is 35.6 Å². The van der Waals surface area contributed by atoms with E-state index in [1.54, 1.807) is 6.07 Å². The SMILES string of the molecule is CC(C)CC(N)CCc1ccccc1F. The maximum absolute atomic E-state index is 13.3. The van der Waals surface area contributed by atoms with Gasteiger partial charge in [0.25, 0.3) is 0 Å². The molecule has 0 aliphatic carbocycles. The molecule has 15 heavy (non-hydrogen) atoms. The smallest absolute Gasteiger partial charge is 0.126 e. The van der Waals surface area contributed by atoms with E-state index in [-0.39, 0.29) is 11.9 Å². The molecule has 0 aromatic heterocycles. The molecule has 2 heteroatoms. The van der Waals surface area contributed by atoms with E-state index < -0.39 is 0 Å². The highest BCUT2D eigenvalue weighted by molar-refractivity contribution is 5.17. The molecule has 1 aromatic carbocycles. The van der Waals surface area contributed by atoms with E-state index in [9.17, 15) is 4.39 Å². The Morgan fingerprint density at radius 2 is 1.93 bits per heavy atom. The van der Waals surface area contributed by atoms with Crippen molar-refractivity contribution in [2.45, 2.75) is 39.2 Å². The monoisotopic (exact) mass is 209 g/mol. The van der Waals surface area contributed by atoms with Gasteiger partial charge >= 0.3 is 0 Å². The van der Waals surface area contributed by atoms with Crippen molar-refractivity contribution in [2.24, 2.45) is 11.7 Å². The van der Waals surface area contributed by atoms with Gasteiger partial charge in [-0.05, 0) is 36.8 Å². The summed E-state index contributed by atoms with van der Waals surface area (Å²) in [4.78, 5) is 0. The van der Waals surface area contributed by atoms with Crippen LogP contribution in [0.5, 0.6) is 0 Å². The normalized spacial score (nSPS) is 13.1. The molecule has 0 heterocycles. The van der Waals surface area contributed by atoms with Crippen molar-refractivity contribution >= 4 is 0 Å². The van der Waals surface area contributed by atoms with Gasteiger partial charge in [-0.3, -0.25) is 0 Å². The Morgan fingerprint density at radius 3 is 2.53 bits per heavy atom. The van der Waals surface area contributed by atoms with Crippen LogP contribution in [-0.4, -0.2) is 6.04 Å². The zero-order chi connectivity index (χ0) is 11.3. The van der Waals surface area contributed by atoms with Crippen molar-refractivity contribution in [3.63, 3.8) is 0 Å². The minimum absolute atomic E-state index is 0.116. The van der Waals surface area contributed by atoms with Crippen LogP contribution in [-0.2, 0) is 6.42 Å². The van der Waals surface area contributed by atoms with Crippen molar-refractivity contribution in [1.82, 2.24) is 0 Å². The molecule has 0 aliphatic rings. The minimum Gasteiger partial charge on any atom is -0.328 e. The molecule has 1 aromatic rings. The summed E-state index contributed by atoms with van der Waals surface area (Å²) in [6, 6.07) is 7.10. The molecule has 1 nitrogen and oxygen atoms in total. The quantitative estimate of drug-likeness (QED) is 0.792.